The van der Waals surface area contributed by atoms with Crippen molar-refractivity contribution in [3.05, 3.63) is 46.0 Å². The smallest absolute Gasteiger partial charge is 0.410 e. The third kappa shape index (κ3) is 3.77. The van der Waals surface area contributed by atoms with Crippen LogP contribution in [0.1, 0.15) is 68.1 Å². The van der Waals surface area contributed by atoms with Gasteiger partial charge in [0.2, 0.25) is 5.91 Å². The van der Waals surface area contributed by atoms with Crippen LogP contribution in [0.5, 0.6) is 0 Å². The van der Waals surface area contributed by atoms with Crippen LogP contribution in [0.15, 0.2) is 23.8 Å². The van der Waals surface area contributed by atoms with Crippen molar-refractivity contribution >= 4 is 23.1 Å². The number of primary amides is 1. The number of allylic oxidation sites excluding steroid dienone is 2. The molecule has 5 nitrogen and oxygen atoms in total. The van der Waals surface area contributed by atoms with Gasteiger partial charge in [-0.1, -0.05) is 17.7 Å². The summed E-state index contributed by atoms with van der Waals surface area (Å²) in [5, 5.41) is 0. The Balaban J connectivity index is 1.96. The number of benzene rings is 1. The summed E-state index contributed by atoms with van der Waals surface area (Å²) in [5.41, 5.74) is 12.4. The van der Waals surface area contributed by atoms with E-state index < -0.39 is 11.5 Å². The molecule has 0 radical (unpaired) electrons. The topological polar surface area (TPSA) is 72.6 Å². The van der Waals surface area contributed by atoms with Gasteiger partial charge in [0.25, 0.3) is 0 Å². The molecule has 2 aliphatic rings. The van der Waals surface area contributed by atoms with Crippen molar-refractivity contribution in [2.75, 3.05) is 13.1 Å². The summed E-state index contributed by atoms with van der Waals surface area (Å²) in [4.78, 5) is 26.1. The fourth-order valence-electron chi connectivity index (χ4n) is 3.79. The van der Waals surface area contributed by atoms with Gasteiger partial charge in [-0.3, -0.25) is 4.79 Å². The number of hydrogen-bond donors (Lipinski definition) is 1. The summed E-state index contributed by atoms with van der Waals surface area (Å²) in [7, 11) is 0. The van der Waals surface area contributed by atoms with Gasteiger partial charge in [0.1, 0.15) is 5.60 Å². The van der Waals surface area contributed by atoms with Crippen LogP contribution in [0.25, 0.3) is 11.1 Å². The highest BCUT2D eigenvalue weighted by Crippen LogP contribution is 2.40. The van der Waals surface area contributed by atoms with E-state index in [0.717, 1.165) is 35.1 Å². The second-order valence-electron chi connectivity index (χ2n) is 8.38. The Hall–Kier alpha value is -2.56. The van der Waals surface area contributed by atoms with Gasteiger partial charge < -0.3 is 15.4 Å². The van der Waals surface area contributed by atoms with Crippen molar-refractivity contribution in [2.45, 2.75) is 53.1 Å². The zero-order chi connectivity index (χ0) is 19.9. The maximum atomic E-state index is 12.5. The molecule has 0 aromatic heterocycles. The lowest BCUT2D eigenvalue weighted by Crippen LogP contribution is -2.39. The summed E-state index contributed by atoms with van der Waals surface area (Å²) >= 11 is 0. The van der Waals surface area contributed by atoms with Crippen molar-refractivity contribution in [2.24, 2.45) is 5.73 Å². The lowest BCUT2D eigenvalue weighted by atomic mass is 9.89. The van der Waals surface area contributed by atoms with Crippen LogP contribution in [0.2, 0.25) is 0 Å². The highest BCUT2D eigenvalue weighted by Gasteiger charge is 2.29. The van der Waals surface area contributed by atoms with E-state index in [4.69, 9.17) is 10.5 Å². The highest BCUT2D eigenvalue weighted by atomic mass is 16.6. The first kappa shape index (κ1) is 19.2. The van der Waals surface area contributed by atoms with Gasteiger partial charge in [-0.05, 0) is 81.4 Å². The highest BCUT2D eigenvalue weighted by molar-refractivity contribution is 5.99. The number of carbonyl (C=O) groups is 2. The number of fused-ring (bicyclic) bond motifs is 1. The van der Waals surface area contributed by atoms with E-state index >= 15 is 0 Å². The quantitative estimate of drug-likeness (QED) is 0.852. The van der Waals surface area contributed by atoms with Crippen molar-refractivity contribution in [1.29, 1.82) is 0 Å². The molecule has 5 heteroatoms. The Morgan fingerprint density at radius 1 is 1.19 bits per heavy atom. The second-order valence-corrected chi connectivity index (χ2v) is 8.38. The third-order valence-corrected chi connectivity index (χ3v) is 5.18. The average molecular weight is 368 g/mol. The predicted molar refractivity (Wildman–Crippen MR) is 107 cm³/mol. The van der Waals surface area contributed by atoms with Crippen LogP contribution in [-0.2, 0) is 11.2 Å². The van der Waals surface area contributed by atoms with Gasteiger partial charge in [0.05, 0.1) is 0 Å². The second kappa shape index (κ2) is 6.87. The molecule has 0 saturated heterocycles. The summed E-state index contributed by atoms with van der Waals surface area (Å²) in [6.07, 6.45) is 3.42. The number of hydrogen-bond acceptors (Lipinski definition) is 3. The molecule has 1 heterocycles. The van der Waals surface area contributed by atoms with Gasteiger partial charge in [-0.25, -0.2) is 4.79 Å². The van der Waals surface area contributed by atoms with Crippen LogP contribution < -0.4 is 5.73 Å². The number of nitrogens with zero attached hydrogens (tertiary/aromatic N) is 1. The molecule has 0 spiro atoms. The minimum Gasteiger partial charge on any atom is -0.444 e. The lowest BCUT2D eigenvalue weighted by molar-refractivity contribution is 0.0273. The summed E-state index contributed by atoms with van der Waals surface area (Å²) in [6, 6.07) is 3.78. The number of carbonyl (C=O) groups excluding carboxylic acids is 2. The predicted octanol–water partition coefficient (Wildman–Crippen LogP) is 4.16. The summed E-state index contributed by atoms with van der Waals surface area (Å²) in [6.45, 7) is 10.9. The van der Waals surface area contributed by atoms with Gasteiger partial charge in [-0.2, -0.15) is 0 Å². The molecule has 0 atom stereocenters. The van der Waals surface area contributed by atoms with Crippen LogP contribution in [0.3, 0.4) is 0 Å². The average Bonchev–Trinajstić information content (AvgIpc) is 2.88. The molecule has 1 aromatic rings. The number of amides is 2. The largest absolute Gasteiger partial charge is 0.444 e. The van der Waals surface area contributed by atoms with Crippen molar-refractivity contribution in [3.8, 4) is 0 Å². The first-order chi connectivity index (χ1) is 12.6. The Bertz CT molecular complexity index is 872. The zero-order valence-electron chi connectivity index (χ0n) is 16.8. The molecule has 0 fully saturated rings. The maximum absolute atomic E-state index is 12.5. The van der Waals surface area contributed by atoms with Crippen molar-refractivity contribution in [1.82, 2.24) is 4.90 Å². The fourth-order valence-corrected chi connectivity index (χ4v) is 3.79. The van der Waals surface area contributed by atoms with Gasteiger partial charge >= 0.3 is 6.09 Å². The molecule has 2 N–H and O–H groups in total. The fraction of sp³-hybridized carbons (Fsp3) is 0.455. The molecule has 144 valence electrons. The monoisotopic (exact) mass is 368 g/mol. The van der Waals surface area contributed by atoms with E-state index in [1.807, 2.05) is 32.9 Å². The molecule has 1 aliphatic carbocycles. The van der Waals surface area contributed by atoms with E-state index in [-0.39, 0.29) is 6.09 Å². The molecule has 1 aliphatic heterocycles. The standard InChI is InChI=1S/C22H28N2O3/c1-13-11-18-17(20(23)25)9-8-16(19(18)14(13)2)15-7-6-10-24(12-15)21(26)27-22(3,4)5/h7-9H,6,10-12H2,1-5H3,(H2,23,25). The number of nitrogens with two attached hydrogens (primary N) is 1. The Labute approximate surface area is 160 Å². The molecule has 3 rings (SSSR count). The molecule has 0 unspecified atom stereocenters. The van der Waals surface area contributed by atoms with Crippen LogP contribution >= 0.6 is 0 Å². The van der Waals surface area contributed by atoms with E-state index in [1.165, 1.54) is 11.1 Å². The van der Waals surface area contributed by atoms with E-state index in [1.54, 1.807) is 4.90 Å². The Kier molecular flexibility index (Phi) is 4.89. The van der Waals surface area contributed by atoms with Crippen LogP contribution in [-0.4, -0.2) is 35.6 Å². The summed E-state index contributed by atoms with van der Waals surface area (Å²) < 4.78 is 5.53. The number of rotatable bonds is 2. The maximum Gasteiger partial charge on any atom is 0.410 e. The minimum absolute atomic E-state index is 0.290. The normalized spacial score (nSPS) is 16.9. The van der Waals surface area contributed by atoms with Gasteiger partial charge in [0.15, 0.2) is 0 Å². The molecule has 1 aromatic carbocycles. The minimum atomic E-state index is -0.515. The lowest BCUT2D eigenvalue weighted by Gasteiger charge is -2.31. The first-order valence-corrected chi connectivity index (χ1v) is 9.38. The van der Waals surface area contributed by atoms with Gasteiger partial charge in [-0.15, -0.1) is 0 Å². The third-order valence-electron chi connectivity index (χ3n) is 5.18. The SMILES string of the molecule is CC1=C(C)c2c(C3=CCCN(C(=O)OC(C)(C)C)C3)ccc(C(N)=O)c2C1. The molecular formula is C22H28N2O3. The molecule has 0 bridgehead atoms. The van der Waals surface area contributed by atoms with Gasteiger partial charge in [0, 0.05) is 18.7 Å². The molecular weight excluding hydrogens is 340 g/mol. The van der Waals surface area contributed by atoms with E-state index in [9.17, 15) is 9.59 Å². The Morgan fingerprint density at radius 3 is 2.52 bits per heavy atom. The van der Waals surface area contributed by atoms with Crippen molar-refractivity contribution < 1.29 is 14.3 Å². The first-order valence-electron chi connectivity index (χ1n) is 9.38. The number of ether oxygens (including phenoxy) is 1. The van der Waals surface area contributed by atoms with E-state index in [2.05, 4.69) is 19.9 Å². The molecule has 27 heavy (non-hydrogen) atoms. The summed E-state index contributed by atoms with van der Waals surface area (Å²) in [5.74, 6) is -0.395. The molecule has 2 amide bonds. The zero-order valence-corrected chi connectivity index (χ0v) is 16.8. The van der Waals surface area contributed by atoms with Crippen molar-refractivity contribution in [3.63, 3.8) is 0 Å². The Morgan fingerprint density at radius 2 is 1.89 bits per heavy atom. The van der Waals surface area contributed by atoms with E-state index in [0.29, 0.717) is 18.7 Å². The van der Waals surface area contributed by atoms with Crippen LogP contribution in [0.4, 0.5) is 4.79 Å². The van der Waals surface area contributed by atoms with Crippen LogP contribution in [0, 0.1) is 0 Å². The molecule has 0 saturated carbocycles.